The number of amides is 2. The van der Waals surface area contributed by atoms with Gasteiger partial charge in [-0.05, 0) is 20.8 Å². The maximum absolute atomic E-state index is 11.4. The average molecular weight is 186 g/mol. The Morgan fingerprint density at radius 3 is 2.46 bits per heavy atom. The predicted octanol–water partition coefficient (Wildman–Crippen LogP) is 0.362. The summed E-state index contributed by atoms with van der Waals surface area (Å²) in [5.74, 6) is -0.0000435. The van der Waals surface area contributed by atoms with E-state index in [1.54, 1.807) is 0 Å². The van der Waals surface area contributed by atoms with E-state index in [-0.39, 0.29) is 24.5 Å². The molecule has 0 aromatic heterocycles. The molecular weight excluding hydrogens is 168 g/mol. The highest BCUT2D eigenvalue weighted by molar-refractivity contribution is 5.84. The number of urea groups is 1. The van der Waals surface area contributed by atoms with Crippen molar-refractivity contribution >= 4 is 11.9 Å². The number of carbonyl (C=O) groups is 1. The van der Waals surface area contributed by atoms with E-state index in [1.807, 2.05) is 20.8 Å². The molecule has 5 nitrogen and oxygen atoms in total. The van der Waals surface area contributed by atoms with E-state index in [4.69, 9.17) is 11.1 Å². The Hall–Kier alpha value is -1.26. The summed E-state index contributed by atoms with van der Waals surface area (Å²) in [7, 11) is 0. The van der Waals surface area contributed by atoms with Crippen LogP contribution in [-0.4, -0.2) is 35.9 Å². The third kappa shape index (κ3) is 4.35. The van der Waals surface area contributed by atoms with Gasteiger partial charge in [0.15, 0.2) is 0 Å². The Morgan fingerprint density at radius 2 is 2.15 bits per heavy atom. The summed E-state index contributed by atoms with van der Waals surface area (Å²) in [5.41, 5.74) is 5.23. The van der Waals surface area contributed by atoms with Crippen LogP contribution in [0.25, 0.3) is 0 Å². The van der Waals surface area contributed by atoms with Crippen molar-refractivity contribution in [3.05, 3.63) is 0 Å². The minimum atomic E-state index is -0.173. The number of nitrogens with one attached hydrogen (secondary N) is 2. The Bertz CT molecular complexity index is 191. The molecule has 0 atom stereocenters. The smallest absolute Gasteiger partial charge is 0.318 e. The lowest BCUT2D eigenvalue weighted by Crippen LogP contribution is -2.47. The minimum absolute atomic E-state index is 0.0000435. The third-order valence-electron chi connectivity index (χ3n) is 1.55. The second-order valence-corrected chi connectivity index (χ2v) is 3.08. The zero-order valence-electron chi connectivity index (χ0n) is 8.42. The van der Waals surface area contributed by atoms with Crippen LogP contribution in [0.3, 0.4) is 0 Å². The highest BCUT2D eigenvalue weighted by atomic mass is 16.2. The molecule has 0 unspecified atom stereocenters. The third-order valence-corrected chi connectivity index (χ3v) is 1.55. The molecule has 0 aromatic carbocycles. The molecule has 0 spiro atoms. The molecule has 0 bridgehead atoms. The van der Waals surface area contributed by atoms with Crippen molar-refractivity contribution in [3.8, 4) is 0 Å². The quantitative estimate of drug-likeness (QED) is 0.437. The van der Waals surface area contributed by atoms with Crippen LogP contribution in [0.2, 0.25) is 0 Å². The topological polar surface area (TPSA) is 82.2 Å². The Kier molecular flexibility index (Phi) is 4.87. The van der Waals surface area contributed by atoms with Gasteiger partial charge in [0.05, 0.1) is 6.54 Å². The Morgan fingerprint density at radius 1 is 1.62 bits per heavy atom. The molecular formula is C8H18N4O. The first kappa shape index (κ1) is 11.7. The molecule has 0 radical (unpaired) electrons. The lowest BCUT2D eigenvalue weighted by atomic mass is 10.3. The van der Waals surface area contributed by atoms with E-state index < -0.39 is 0 Å². The molecule has 0 aromatic rings. The fraction of sp³-hybridized carbons (Fsp3) is 0.750. The summed E-state index contributed by atoms with van der Waals surface area (Å²) < 4.78 is 0. The van der Waals surface area contributed by atoms with Gasteiger partial charge in [-0.1, -0.05) is 0 Å². The molecule has 5 heteroatoms. The van der Waals surface area contributed by atoms with Crippen molar-refractivity contribution in [3.63, 3.8) is 0 Å². The van der Waals surface area contributed by atoms with Crippen LogP contribution in [0, 0.1) is 5.41 Å². The molecule has 2 amide bonds. The van der Waals surface area contributed by atoms with Gasteiger partial charge in [-0.15, -0.1) is 0 Å². The highest BCUT2D eigenvalue weighted by Crippen LogP contribution is 1.97. The number of nitrogens with zero attached hydrogens (tertiary/aromatic N) is 1. The van der Waals surface area contributed by atoms with Crippen molar-refractivity contribution in [1.29, 1.82) is 5.41 Å². The van der Waals surface area contributed by atoms with Crippen molar-refractivity contribution in [2.75, 3.05) is 13.1 Å². The molecule has 13 heavy (non-hydrogen) atoms. The molecule has 0 rings (SSSR count). The monoisotopic (exact) mass is 186 g/mol. The number of carbonyl (C=O) groups excluding carboxylic acids is 1. The molecule has 4 N–H and O–H groups in total. The van der Waals surface area contributed by atoms with E-state index in [2.05, 4.69) is 5.32 Å². The molecule has 0 aliphatic rings. The SMILES string of the molecule is CCNC(=O)N(CC(=N)N)C(C)C. The standard InChI is InChI=1S/C8H18N4O/c1-4-11-8(13)12(6(2)3)5-7(9)10/h6H,4-5H2,1-3H3,(H3,9,10)(H,11,13). The Labute approximate surface area is 78.8 Å². The van der Waals surface area contributed by atoms with Gasteiger partial charge < -0.3 is 16.0 Å². The number of hydrogen-bond acceptors (Lipinski definition) is 2. The van der Waals surface area contributed by atoms with E-state index in [0.29, 0.717) is 6.54 Å². The van der Waals surface area contributed by atoms with Gasteiger partial charge in [-0.25, -0.2) is 4.79 Å². The first-order valence-electron chi connectivity index (χ1n) is 4.36. The first-order chi connectivity index (χ1) is 5.99. The fourth-order valence-corrected chi connectivity index (χ4v) is 0.925. The summed E-state index contributed by atoms with van der Waals surface area (Å²) in [6, 6.07) is -0.122. The normalized spacial score (nSPS) is 9.85. The van der Waals surface area contributed by atoms with Gasteiger partial charge in [-0.3, -0.25) is 5.41 Å². The van der Waals surface area contributed by atoms with E-state index in [9.17, 15) is 4.79 Å². The molecule has 0 saturated carbocycles. The van der Waals surface area contributed by atoms with Gasteiger partial charge in [0, 0.05) is 12.6 Å². The molecule has 0 aliphatic carbocycles. The van der Waals surface area contributed by atoms with Gasteiger partial charge in [-0.2, -0.15) is 0 Å². The molecule has 0 saturated heterocycles. The maximum atomic E-state index is 11.4. The summed E-state index contributed by atoms with van der Waals surface area (Å²) in [6.07, 6.45) is 0. The van der Waals surface area contributed by atoms with Gasteiger partial charge >= 0.3 is 6.03 Å². The molecule has 0 heterocycles. The van der Waals surface area contributed by atoms with Crippen LogP contribution in [-0.2, 0) is 0 Å². The first-order valence-corrected chi connectivity index (χ1v) is 4.36. The second kappa shape index (κ2) is 5.40. The van der Waals surface area contributed by atoms with E-state index in [1.165, 1.54) is 4.90 Å². The van der Waals surface area contributed by atoms with E-state index in [0.717, 1.165) is 0 Å². The number of rotatable bonds is 4. The van der Waals surface area contributed by atoms with Crippen molar-refractivity contribution in [2.45, 2.75) is 26.8 Å². The van der Waals surface area contributed by atoms with Gasteiger partial charge in [0.2, 0.25) is 0 Å². The lowest BCUT2D eigenvalue weighted by Gasteiger charge is -2.25. The average Bonchev–Trinajstić information content (AvgIpc) is 1.99. The minimum Gasteiger partial charge on any atom is -0.386 e. The van der Waals surface area contributed by atoms with Crippen LogP contribution in [0.4, 0.5) is 4.79 Å². The molecule has 0 fully saturated rings. The van der Waals surface area contributed by atoms with Crippen molar-refractivity contribution in [1.82, 2.24) is 10.2 Å². The summed E-state index contributed by atoms with van der Waals surface area (Å²) in [6.45, 7) is 6.39. The predicted molar refractivity (Wildman–Crippen MR) is 52.8 cm³/mol. The summed E-state index contributed by atoms with van der Waals surface area (Å²) >= 11 is 0. The van der Waals surface area contributed by atoms with Crippen molar-refractivity contribution in [2.24, 2.45) is 5.73 Å². The molecule has 0 aliphatic heterocycles. The summed E-state index contributed by atoms with van der Waals surface area (Å²) in [5, 5.41) is 9.77. The largest absolute Gasteiger partial charge is 0.386 e. The van der Waals surface area contributed by atoms with Crippen LogP contribution in [0.15, 0.2) is 0 Å². The van der Waals surface area contributed by atoms with Crippen LogP contribution < -0.4 is 11.1 Å². The van der Waals surface area contributed by atoms with Crippen LogP contribution in [0.5, 0.6) is 0 Å². The number of hydrogen-bond donors (Lipinski definition) is 3. The highest BCUT2D eigenvalue weighted by Gasteiger charge is 2.16. The van der Waals surface area contributed by atoms with E-state index >= 15 is 0 Å². The van der Waals surface area contributed by atoms with Crippen LogP contribution >= 0.6 is 0 Å². The molecule has 76 valence electrons. The Balaban J connectivity index is 4.24. The number of amidine groups is 1. The fourth-order valence-electron chi connectivity index (χ4n) is 0.925. The summed E-state index contributed by atoms with van der Waals surface area (Å²) in [4.78, 5) is 12.9. The zero-order valence-corrected chi connectivity index (χ0v) is 8.42. The second-order valence-electron chi connectivity index (χ2n) is 3.08. The lowest BCUT2D eigenvalue weighted by molar-refractivity contribution is 0.193. The van der Waals surface area contributed by atoms with Crippen LogP contribution in [0.1, 0.15) is 20.8 Å². The van der Waals surface area contributed by atoms with Crippen molar-refractivity contribution < 1.29 is 4.79 Å². The number of nitrogens with two attached hydrogens (primary N) is 1. The van der Waals surface area contributed by atoms with Gasteiger partial charge in [0.1, 0.15) is 5.84 Å². The van der Waals surface area contributed by atoms with Gasteiger partial charge in [0.25, 0.3) is 0 Å². The zero-order chi connectivity index (χ0) is 10.4. The maximum Gasteiger partial charge on any atom is 0.318 e.